The predicted molar refractivity (Wildman–Crippen MR) is 128 cm³/mol. The molecule has 0 aromatic heterocycles. The van der Waals surface area contributed by atoms with Crippen molar-refractivity contribution in [2.75, 3.05) is 32.2 Å². The van der Waals surface area contributed by atoms with Crippen LogP contribution in [0.15, 0.2) is 24.3 Å². The molecule has 4 rings (SSSR count). The van der Waals surface area contributed by atoms with Gasteiger partial charge < -0.3 is 29.5 Å². The van der Waals surface area contributed by atoms with Crippen molar-refractivity contribution in [1.29, 1.82) is 0 Å². The van der Waals surface area contributed by atoms with Crippen LogP contribution in [0.1, 0.15) is 52.4 Å². The molecule has 3 saturated heterocycles. The fourth-order valence-corrected chi connectivity index (χ4v) is 6.19. The van der Waals surface area contributed by atoms with Crippen molar-refractivity contribution in [2.24, 2.45) is 11.8 Å². The molecule has 0 aliphatic carbocycles. The number of carbonyl (C=O) groups excluding carboxylic acids is 3. The molecule has 3 heterocycles. The highest BCUT2D eigenvalue weighted by Crippen LogP contribution is 2.63. The van der Waals surface area contributed by atoms with Crippen LogP contribution >= 0.6 is 0 Å². The number of aliphatic hydroxyl groups excluding tert-OH is 1. The van der Waals surface area contributed by atoms with Gasteiger partial charge >= 0.3 is 5.97 Å². The van der Waals surface area contributed by atoms with E-state index < -0.39 is 35.0 Å². The Morgan fingerprint density at radius 1 is 1.17 bits per heavy atom. The molecule has 2 amide bonds. The largest absolute Gasteiger partial charge is 0.497 e. The van der Waals surface area contributed by atoms with Gasteiger partial charge in [0, 0.05) is 18.8 Å². The number of rotatable bonds is 11. The predicted octanol–water partition coefficient (Wildman–Crippen LogP) is 2.51. The highest BCUT2D eigenvalue weighted by atomic mass is 16.6. The first-order chi connectivity index (χ1) is 16.8. The molecule has 9 nitrogen and oxygen atoms in total. The van der Waals surface area contributed by atoms with Gasteiger partial charge in [-0.2, -0.15) is 0 Å². The summed E-state index contributed by atoms with van der Waals surface area (Å²) in [4.78, 5) is 42.1. The van der Waals surface area contributed by atoms with Crippen LogP contribution in [-0.2, 0) is 23.9 Å². The van der Waals surface area contributed by atoms with Crippen molar-refractivity contribution in [3.63, 3.8) is 0 Å². The topological polar surface area (TPSA) is 114 Å². The second-order valence-electron chi connectivity index (χ2n) is 9.87. The van der Waals surface area contributed by atoms with E-state index in [-0.39, 0.29) is 25.0 Å². The lowest BCUT2D eigenvalue weighted by molar-refractivity contribution is -0.158. The number of likely N-dealkylation sites (tertiary alicyclic amines) is 1. The van der Waals surface area contributed by atoms with Crippen molar-refractivity contribution in [2.45, 2.75) is 69.6 Å². The Kier molecular flexibility index (Phi) is 7.38. The summed E-state index contributed by atoms with van der Waals surface area (Å²) >= 11 is 0. The monoisotopic (exact) mass is 488 g/mol. The Morgan fingerprint density at radius 2 is 1.89 bits per heavy atom. The van der Waals surface area contributed by atoms with Gasteiger partial charge in [0.25, 0.3) is 0 Å². The summed E-state index contributed by atoms with van der Waals surface area (Å²) in [7, 11) is 1.57. The summed E-state index contributed by atoms with van der Waals surface area (Å²) in [5.74, 6) is -1.79. The van der Waals surface area contributed by atoms with Crippen LogP contribution in [-0.4, -0.2) is 71.9 Å². The lowest BCUT2D eigenvalue weighted by Crippen LogP contribution is -2.53. The van der Waals surface area contributed by atoms with Crippen LogP contribution in [0.25, 0.3) is 0 Å². The van der Waals surface area contributed by atoms with E-state index in [0.717, 1.165) is 12.8 Å². The Labute approximate surface area is 206 Å². The Hall–Kier alpha value is -2.65. The van der Waals surface area contributed by atoms with Crippen molar-refractivity contribution in [1.82, 2.24) is 4.90 Å². The highest BCUT2D eigenvalue weighted by molar-refractivity contribution is 6.03. The average molecular weight is 489 g/mol. The normalized spacial score (nSPS) is 30.9. The number of methoxy groups -OCH3 is 1. The summed E-state index contributed by atoms with van der Waals surface area (Å²) in [5.41, 5.74) is -1.31. The van der Waals surface area contributed by atoms with Crippen molar-refractivity contribution >= 4 is 23.5 Å². The zero-order valence-corrected chi connectivity index (χ0v) is 20.7. The second kappa shape index (κ2) is 10.1. The molecule has 3 fully saturated rings. The average Bonchev–Trinajstić information content (AvgIpc) is 3.40. The van der Waals surface area contributed by atoms with E-state index in [2.05, 4.69) is 5.32 Å². The molecule has 3 aliphatic rings. The van der Waals surface area contributed by atoms with Gasteiger partial charge in [0.1, 0.15) is 23.3 Å². The molecule has 2 unspecified atom stereocenters. The molecule has 0 radical (unpaired) electrons. The number of fused-ring (bicyclic) bond motifs is 1. The lowest BCUT2D eigenvalue weighted by atomic mass is 9.66. The third kappa shape index (κ3) is 4.40. The molecule has 192 valence electrons. The summed E-state index contributed by atoms with van der Waals surface area (Å²) < 4.78 is 17.1. The molecule has 0 saturated carbocycles. The number of ether oxygens (including phenoxy) is 3. The number of hydrogen-bond acceptors (Lipinski definition) is 7. The molecule has 2 N–H and O–H groups in total. The van der Waals surface area contributed by atoms with Gasteiger partial charge in [-0.1, -0.05) is 12.8 Å². The minimum absolute atomic E-state index is 0.133. The maximum atomic E-state index is 13.8. The fourth-order valence-electron chi connectivity index (χ4n) is 6.19. The van der Waals surface area contributed by atoms with E-state index in [4.69, 9.17) is 19.3 Å². The summed E-state index contributed by atoms with van der Waals surface area (Å²) in [6.07, 6.45) is 4.18. The van der Waals surface area contributed by atoms with Crippen LogP contribution in [0.4, 0.5) is 5.69 Å². The third-order valence-corrected chi connectivity index (χ3v) is 7.73. The molecular weight excluding hydrogens is 452 g/mol. The number of benzene rings is 1. The second-order valence-corrected chi connectivity index (χ2v) is 9.87. The molecule has 1 aromatic rings. The Balaban J connectivity index is 1.63. The number of anilines is 1. The molecule has 1 aromatic carbocycles. The number of carbonyl (C=O) groups is 3. The van der Waals surface area contributed by atoms with Crippen molar-refractivity contribution in [3.8, 4) is 5.75 Å². The molecule has 9 heteroatoms. The van der Waals surface area contributed by atoms with Crippen LogP contribution in [0, 0.1) is 11.8 Å². The number of esters is 1. The SMILES string of the molecule is CCOC(=O)[C@@H]1[C@H]2C(=O)N(CCCCCCO)C(C(=O)Nc3ccc(OC)cc3)C23CC[C@@]1(C)O3. The van der Waals surface area contributed by atoms with Gasteiger partial charge in [-0.25, -0.2) is 0 Å². The van der Waals surface area contributed by atoms with Crippen LogP contribution in [0.2, 0.25) is 0 Å². The summed E-state index contributed by atoms with van der Waals surface area (Å²) in [5, 5.41) is 12.0. The first kappa shape index (κ1) is 25.4. The number of unbranched alkanes of at least 4 members (excludes halogenated alkanes) is 3. The highest BCUT2D eigenvalue weighted by Gasteiger charge is 2.78. The van der Waals surface area contributed by atoms with E-state index in [1.54, 1.807) is 43.2 Å². The zero-order chi connectivity index (χ0) is 25.2. The van der Waals surface area contributed by atoms with Gasteiger partial charge in [0.2, 0.25) is 11.8 Å². The quantitative estimate of drug-likeness (QED) is 0.363. The number of hydrogen-bond donors (Lipinski definition) is 2. The third-order valence-electron chi connectivity index (χ3n) is 7.73. The number of nitrogens with zero attached hydrogens (tertiary/aromatic N) is 1. The lowest BCUT2D eigenvalue weighted by Gasteiger charge is -2.33. The van der Waals surface area contributed by atoms with Crippen LogP contribution in [0.3, 0.4) is 0 Å². The maximum absolute atomic E-state index is 13.8. The molecular formula is C26H36N2O7. The number of nitrogens with one attached hydrogen (secondary N) is 1. The first-order valence-electron chi connectivity index (χ1n) is 12.5. The van der Waals surface area contributed by atoms with E-state index in [9.17, 15) is 14.4 Å². The van der Waals surface area contributed by atoms with Gasteiger partial charge in [-0.3, -0.25) is 14.4 Å². The van der Waals surface area contributed by atoms with Crippen molar-refractivity contribution < 1.29 is 33.7 Å². The minimum Gasteiger partial charge on any atom is -0.497 e. The number of aliphatic hydroxyl groups is 1. The maximum Gasteiger partial charge on any atom is 0.312 e. The van der Waals surface area contributed by atoms with Gasteiger partial charge in [-0.05, 0) is 63.8 Å². The Morgan fingerprint density at radius 3 is 2.54 bits per heavy atom. The molecule has 5 atom stereocenters. The van der Waals surface area contributed by atoms with E-state index in [1.807, 2.05) is 6.92 Å². The van der Waals surface area contributed by atoms with Crippen LogP contribution < -0.4 is 10.1 Å². The molecule has 35 heavy (non-hydrogen) atoms. The molecule has 3 aliphatic heterocycles. The summed E-state index contributed by atoms with van der Waals surface area (Å²) in [6, 6.07) is 6.16. The number of amides is 2. The minimum atomic E-state index is -1.06. The first-order valence-corrected chi connectivity index (χ1v) is 12.5. The smallest absolute Gasteiger partial charge is 0.312 e. The summed E-state index contributed by atoms with van der Waals surface area (Å²) in [6.45, 7) is 4.33. The van der Waals surface area contributed by atoms with Crippen molar-refractivity contribution in [3.05, 3.63) is 24.3 Å². The fraction of sp³-hybridized carbons (Fsp3) is 0.654. The van der Waals surface area contributed by atoms with E-state index in [1.165, 1.54) is 0 Å². The van der Waals surface area contributed by atoms with E-state index in [0.29, 0.717) is 43.7 Å². The Bertz CT molecular complexity index is 952. The van der Waals surface area contributed by atoms with Gasteiger partial charge in [-0.15, -0.1) is 0 Å². The molecule has 1 spiro atoms. The standard InChI is InChI=1S/C26H36N2O7/c1-4-34-24(32)20-19-23(31)28(15-7-5-6-8-16-29)21(26(19)14-13-25(20,2)35-26)22(30)27-17-9-11-18(33-3)12-10-17/h9-12,19-21,29H,4-8,13-16H2,1-3H3,(H,27,30)/t19-,20-,21?,25+,26?/m0/s1. The zero-order valence-electron chi connectivity index (χ0n) is 20.7. The van der Waals surface area contributed by atoms with E-state index >= 15 is 0 Å². The van der Waals surface area contributed by atoms with Gasteiger partial charge in [0.05, 0.1) is 25.2 Å². The van der Waals surface area contributed by atoms with Gasteiger partial charge in [0.15, 0.2) is 0 Å². The molecule has 2 bridgehead atoms. The van der Waals surface area contributed by atoms with Crippen LogP contribution in [0.5, 0.6) is 5.75 Å².